The van der Waals surface area contributed by atoms with E-state index in [0.29, 0.717) is 5.69 Å². The van der Waals surface area contributed by atoms with E-state index in [1.807, 2.05) is 13.8 Å². The van der Waals surface area contributed by atoms with Crippen LogP contribution in [0, 0.1) is 15.5 Å². The Bertz CT molecular complexity index is 451. The van der Waals surface area contributed by atoms with Gasteiger partial charge in [-0.1, -0.05) is 13.8 Å². The van der Waals surface area contributed by atoms with Crippen molar-refractivity contribution in [1.29, 1.82) is 5.41 Å². The van der Waals surface area contributed by atoms with Gasteiger partial charge >= 0.3 is 0 Å². The van der Waals surface area contributed by atoms with Crippen molar-refractivity contribution >= 4 is 17.1 Å². The number of nitrogens with zero attached hydrogens (tertiary/aromatic N) is 1. The summed E-state index contributed by atoms with van der Waals surface area (Å²) in [7, 11) is 0. The molecule has 0 saturated heterocycles. The van der Waals surface area contributed by atoms with Crippen LogP contribution in [-0.4, -0.2) is 23.6 Å². The highest BCUT2D eigenvalue weighted by Gasteiger charge is 2.13. The van der Waals surface area contributed by atoms with Gasteiger partial charge in [0, 0.05) is 29.1 Å². The van der Waals surface area contributed by atoms with Gasteiger partial charge in [-0.15, -0.1) is 0 Å². The number of hydrogen-bond donors (Lipinski definition) is 2. The van der Waals surface area contributed by atoms with E-state index >= 15 is 0 Å². The number of nitrogens with one attached hydrogen (secondary N) is 2. The SMILES string of the molecule is CC.CC(=N)c1cc([N+](=O)[O-])ccc1NCC(F)F. The Balaban J connectivity index is 0.00000154. The number of anilines is 1. The summed E-state index contributed by atoms with van der Waals surface area (Å²) in [5, 5.41) is 20.4. The maximum Gasteiger partial charge on any atom is 0.270 e. The number of halogens is 2. The lowest BCUT2D eigenvalue weighted by Crippen LogP contribution is -2.12. The predicted molar refractivity (Wildman–Crippen MR) is 71.4 cm³/mol. The van der Waals surface area contributed by atoms with Gasteiger partial charge in [0.2, 0.25) is 0 Å². The van der Waals surface area contributed by atoms with Crippen molar-refractivity contribution in [3.63, 3.8) is 0 Å². The standard InChI is InChI=1S/C10H11F2N3O2.C2H6/c1-6(13)8-4-7(15(16)17)2-3-9(8)14-5-10(11)12;1-2/h2-4,10,13-14H,5H2,1H3;1-2H3. The minimum atomic E-state index is -2.52. The molecule has 0 spiro atoms. The molecule has 0 aliphatic carbocycles. The van der Waals surface area contributed by atoms with Crippen molar-refractivity contribution in [2.45, 2.75) is 27.2 Å². The maximum atomic E-state index is 12.0. The Kier molecular flexibility index (Phi) is 7.25. The van der Waals surface area contributed by atoms with Crippen LogP contribution < -0.4 is 5.32 Å². The van der Waals surface area contributed by atoms with Crippen LogP contribution >= 0.6 is 0 Å². The monoisotopic (exact) mass is 273 g/mol. The zero-order valence-electron chi connectivity index (χ0n) is 11.0. The van der Waals surface area contributed by atoms with Crippen LogP contribution in [0.5, 0.6) is 0 Å². The lowest BCUT2D eigenvalue weighted by atomic mass is 10.1. The molecule has 0 aliphatic heterocycles. The average Bonchev–Trinajstić information content (AvgIpc) is 2.38. The van der Waals surface area contributed by atoms with Crippen LogP contribution in [0.15, 0.2) is 18.2 Å². The fourth-order valence-corrected chi connectivity index (χ4v) is 1.30. The average molecular weight is 273 g/mol. The van der Waals surface area contributed by atoms with Crippen LogP contribution in [0.1, 0.15) is 26.3 Å². The molecule has 0 amide bonds. The number of alkyl halides is 2. The van der Waals surface area contributed by atoms with Crippen molar-refractivity contribution < 1.29 is 13.7 Å². The summed E-state index contributed by atoms with van der Waals surface area (Å²) in [4.78, 5) is 9.95. The van der Waals surface area contributed by atoms with E-state index in [1.165, 1.54) is 25.1 Å². The summed E-state index contributed by atoms with van der Waals surface area (Å²) in [5.41, 5.74) is 0.447. The zero-order valence-corrected chi connectivity index (χ0v) is 11.0. The molecule has 0 saturated carbocycles. The number of nitro groups is 1. The van der Waals surface area contributed by atoms with E-state index in [1.54, 1.807) is 0 Å². The molecular formula is C12H17F2N3O2. The molecule has 106 valence electrons. The van der Waals surface area contributed by atoms with Crippen molar-refractivity contribution in [2.24, 2.45) is 0 Å². The molecule has 2 N–H and O–H groups in total. The minimum absolute atomic E-state index is 0.0745. The van der Waals surface area contributed by atoms with E-state index in [2.05, 4.69) is 5.32 Å². The van der Waals surface area contributed by atoms with Crippen LogP contribution in [0.2, 0.25) is 0 Å². The highest BCUT2D eigenvalue weighted by atomic mass is 19.3. The van der Waals surface area contributed by atoms with Crippen molar-refractivity contribution in [2.75, 3.05) is 11.9 Å². The number of benzene rings is 1. The molecular weight excluding hydrogens is 256 g/mol. The Morgan fingerprint density at radius 1 is 1.47 bits per heavy atom. The summed E-state index contributed by atoms with van der Waals surface area (Å²) in [6.07, 6.45) is -2.52. The Morgan fingerprint density at radius 3 is 2.47 bits per heavy atom. The van der Waals surface area contributed by atoms with Crippen molar-refractivity contribution in [3.8, 4) is 0 Å². The van der Waals surface area contributed by atoms with Gasteiger partial charge in [-0.05, 0) is 13.0 Å². The van der Waals surface area contributed by atoms with Crippen LogP contribution in [0.4, 0.5) is 20.2 Å². The molecule has 0 atom stereocenters. The van der Waals surface area contributed by atoms with E-state index in [0.717, 1.165) is 0 Å². The van der Waals surface area contributed by atoms with Gasteiger partial charge in [-0.2, -0.15) is 0 Å². The molecule has 1 rings (SSSR count). The molecule has 0 aliphatic rings. The largest absolute Gasteiger partial charge is 0.379 e. The lowest BCUT2D eigenvalue weighted by Gasteiger charge is -2.10. The highest BCUT2D eigenvalue weighted by molar-refractivity contribution is 6.02. The number of nitro benzene ring substituents is 1. The van der Waals surface area contributed by atoms with Crippen molar-refractivity contribution in [3.05, 3.63) is 33.9 Å². The van der Waals surface area contributed by atoms with E-state index in [9.17, 15) is 18.9 Å². The smallest absolute Gasteiger partial charge is 0.270 e. The first-order valence-electron chi connectivity index (χ1n) is 5.78. The highest BCUT2D eigenvalue weighted by Crippen LogP contribution is 2.22. The first-order valence-corrected chi connectivity index (χ1v) is 5.78. The van der Waals surface area contributed by atoms with Gasteiger partial charge < -0.3 is 10.7 Å². The summed E-state index contributed by atoms with van der Waals surface area (Å²) >= 11 is 0. The van der Waals surface area contributed by atoms with Crippen LogP contribution in [0.3, 0.4) is 0 Å². The predicted octanol–water partition coefficient (Wildman–Crippen LogP) is 3.69. The molecule has 0 unspecified atom stereocenters. The fraction of sp³-hybridized carbons (Fsp3) is 0.417. The number of rotatable bonds is 5. The third kappa shape index (κ3) is 5.41. The van der Waals surface area contributed by atoms with Crippen LogP contribution in [-0.2, 0) is 0 Å². The van der Waals surface area contributed by atoms with E-state index in [-0.39, 0.29) is 17.0 Å². The summed E-state index contributed by atoms with van der Waals surface area (Å²) < 4.78 is 24.1. The lowest BCUT2D eigenvalue weighted by molar-refractivity contribution is -0.384. The molecule has 7 heteroatoms. The molecule has 0 fully saturated rings. The molecule has 0 bridgehead atoms. The fourth-order valence-electron chi connectivity index (χ4n) is 1.30. The zero-order chi connectivity index (χ0) is 15.0. The quantitative estimate of drug-likeness (QED) is 0.488. The van der Waals surface area contributed by atoms with Gasteiger partial charge in [0.15, 0.2) is 0 Å². The number of non-ortho nitro benzene ring substituents is 1. The topological polar surface area (TPSA) is 79.0 Å². The van der Waals surface area contributed by atoms with E-state index < -0.39 is 17.9 Å². The molecule has 5 nitrogen and oxygen atoms in total. The summed E-state index contributed by atoms with van der Waals surface area (Å²) in [6.45, 7) is 4.88. The van der Waals surface area contributed by atoms with Crippen molar-refractivity contribution in [1.82, 2.24) is 0 Å². The van der Waals surface area contributed by atoms with Gasteiger partial charge in [0.1, 0.15) is 0 Å². The van der Waals surface area contributed by atoms with Gasteiger partial charge in [-0.3, -0.25) is 10.1 Å². The molecule has 19 heavy (non-hydrogen) atoms. The van der Waals surface area contributed by atoms with Gasteiger partial charge in [0.25, 0.3) is 12.1 Å². The second kappa shape index (κ2) is 8.12. The normalized spacial score (nSPS) is 9.58. The second-order valence-corrected chi connectivity index (χ2v) is 3.38. The third-order valence-corrected chi connectivity index (χ3v) is 2.06. The molecule has 0 radical (unpaired) electrons. The Hall–Kier alpha value is -2.05. The second-order valence-electron chi connectivity index (χ2n) is 3.38. The molecule has 1 aromatic rings. The third-order valence-electron chi connectivity index (χ3n) is 2.06. The number of hydrogen-bond acceptors (Lipinski definition) is 4. The summed E-state index contributed by atoms with van der Waals surface area (Å²) in [5.74, 6) is 0. The first-order chi connectivity index (χ1) is 8.91. The maximum absolute atomic E-state index is 12.0. The molecule has 0 heterocycles. The van der Waals surface area contributed by atoms with Gasteiger partial charge in [0.05, 0.1) is 11.5 Å². The molecule has 0 aromatic heterocycles. The Labute approximate surface area is 110 Å². The van der Waals surface area contributed by atoms with Gasteiger partial charge in [-0.25, -0.2) is 8.78 Å². The van der Waals surface area contributed by atoms with E-state index in [4.69, 9.17) is 5.41 Å². The summed E-state index contributed by atoms with van der Waals surface area (Å²) in [6, 6.07) is 3.73. The van der Waals surface area contributed by atoms with Crippen LogP contribution in [0.25, 0.3) is 0 Å². The first kappa shape index (κ1) is 16.9. The Morgan fingerprint density at radius 2 is 2.05 bits per heavy atom. The minimum Gasteiger partial charge on any atom is -0.379 e. The molecule has 1 aromatic carbocycles.